The van der Waals surface area contributed by atoms with E-state index in [1.807, 2.05) is 0 Å². The van der Waals surface area contributed by atoms with Gasteiger partial charge in [-0.3, -0.25) is 4.99 Å². The Balaban J connectivity index is 0.00000320. The fraction of sp³-hybridized carbons (Fsp3) is 0.476. The molecule has 0 unspecified atom stereocenters. The van der Waals surface area contributed by atoms with Gasteiger partial charge in [0.25, 0.3) is 0 Å². The number of aromatic nitrogens is 2. The van der Waals surface area contributed by atoms with Crippen LogP contribution < -0.4 is 11.1 Å². The molecule has 0 spiro atoms. The summed E-state index contributed by atoms with van der Waals surface area (Å²) in [4.78, 5) is 6.67. The van der Waals surface area contributed by atoms with Gasteiger partial charge in [-0.05, 0) is 48.9 Å². The van der Waals surface area contributed by atoms with Gasteiger partial charge in [-0.1, -0.05) is 13.8 Å². The van der Waals surface area contributed by atoms with E-state index in [1.165, 1.54) is 16.8 Å². The van der Waals surface area contributed by atoms with E-state index >= 15 is 0 Å². The highest BCUT2D eigenvalue weighted by Gasteiger charge is 2.30. The topological polar surface area (TPSA) is 95.3 Å². The number of guanidine groups is 1. The molecule has 30 heavy (non-hydrogen) atoms. The van der Waals surface area contributed by atoms with E-state index in [-0.39, 0.29) is 35.6 Å². The number of hydrogen-bond acceptors (Lipinski definition) is 4. The van der Waals surface area contributed by atoms with Crippen molar-refractivity contribution in [3.05, 3.63) is 41.3 Å². The lowest BCUT2D eigenvalue weighted by molar-refractivity contribution is 0.370. The highest BCUT2D eigenvalue weighted by Crippen LogP contribution is 2.28. The zero-order valence-electron chi connectivity index (χ0n) is 17.7. The number of nitriles is 1. The molecule has 1 saturated heterocycles. The van der Waals surface area contributed by atoms with Crippen LogP contribution in [0, 0.1) is 22.6 Å². The maximum Gasteiger partial charge on any atom is 0.193 e. The van der Waals surface area contributed by atoms with E-state index < -0.39 is 0 Å². The SMILES string of the molecule is CN=C(NCCCc1nn(-c2ccc(F)cc2)c(N)c1C#N)N1CCC(C)(C)C1.I. The van der Waals surface area contributed by atoms with Gasteiger partial charge in [-0.15, -0.1) is 24.0 Å². The number of nitrogen functional groups attached to an aromatic ring is 1. The summed E-state index contributed by atoms with van der Waals surface area (Å²) in [6.07, 6.45) is 2.54. The molecule has 1 aliphatic heterocycles. The van der Waals surface area contributed by atoms with E-state index in [2.05, 4.69) is 40.2 Å². The second-order valence-electron chi connectivity index (χ2n) is 8.12. The highest BCUT2D eigenvalue weighted by molar-refractivity contribution is 14.0. The Kier molecular flexibility index (Phi) is 8.06. The standard InChI is InChI=1S/C21H28FN7.HI/c1-21(2)10-12-28(14-21)20(25-3)26-11-4-5-18-17(13-23)19(24)29(27-18)16-8-6-15(22)7-9-16;/h6-9H,4-5,10-12,14,24H2,1-3H3,(H,25,26);1H. The molecule has 1 aromatic heterocycles. The summed E-state index contributed by atoms with van der Waals surface area (Å²) in [6.45, 7) is 7.25. The monoisotopic (exact) mass is 525 g/mol. The van der Waals surface area contributed by atoms with Gasteiger partial charge in [-0.25, -0.2) is 9.07 Å². The Morgan fingerprint density at radius 1 is 1.37 bits per heavy atom. The van der Waals surface area contributed by atoms with Gasteiger partial charge in [0, 0.05) is 26.7 Å². The summed E-state index contributed by atoms with van der Waals surface area (Å²) in [5, 5.41) is 17.4. The Labute approximate surface area is 194 Å². The molecule has 9 heteroatoms. The van der Waals surface area contributed by atoms with Crippen LogP contribution in [0.1, 0.15) is 37.9 Å². The van der Waals surface area contributed by atoms with Crippen LogP contribution in [0.25, 0.3) is 5.69 Å². The van der Waals surface area contributed by atoms with Crippen LogP contribution in [-0.4, -0.2) is 47.3 Å². The van der Waals surface area contributed by atoms with Crippen LogP contribution in [0.15, 0.2) is 29.3 Å². The fourth-order valence-corrected chi connectivity index (χ4v) is 3.64. The molecule has 2 aromatic rings. The number of hydrogen-bond donors (Lipinski definition) is 2. The van der Waals surface area contributed by atoms with Gasteiger partial charge in [0.15, 0.2) is 5.96 Å². The van der Waals surface area contributed by atoms with Crippen molar-refractivity contribution in [2.24, 2.45) is 10.4 Å². The van der Waals surface area contributed by atoms with Crippen molar-refractivity contribution in [3.8, 4) is 11.8 Å². The lowest BCUT2D eigenvalue weighted by Gasteiger charge is -2.23. The molecule has 3 rings (SSSR count). The maximum absolute atomic E-state index is 13.2. The maximum atomic E-state index is 13.2. The Bertz CT molecular complexity index is 928. The lowest BCUT2D eigenvalue weighted by Crippen LogP contribution is -2.41. The third kappa shape index (κ3) is 5.41. The van der Waals surface area contributed by atoms with Crippen molar-refractivity contribution in [2.75, 3.05) is 32.4 Å². The Hall–Kier alpha value is -2.35. The predicted molar refractivity (Wildman–Crippen MR) is 128 cm³/mol. The molecule has 3 N–H and O–H groups in total. The molecule has 1 aromatic carbocycles. The summed E-state index contributed by atoms with van der Waals surface area (Å²) in [5.74, 6) is 0.852. The number of aryl methyl sites for hydroxylation is 1. The molecule has 0 bridgehead atoms. The zero-order chi connectivity index (χ0) is 21.0. The minimum atomic E-state index is -0.332. The highest BCUT2D eigenvalue weighted by atomic mass is 127. The van der Waals surface area contributed by atoms with Crippen LogP contribution in [0.4, 0.5) is 10.2 Å². The van der Waals surface area contributed by atoms with Crippen molar-refractivity contribution in [1.82, 2.24) is 20.0 Å². The largest absolute Gasteiger partial charge is 0.382 e. The van der Waals surface area contributed by atoms with Crippen LogP contribution in [0.5, 0.6) is 0 Å². The number of anilines is 1. The molecule has 7 nitrogen and oxygen atoms in total. The molecule has 0 amide bonds. The number of nitrogens with two attached hydrogens (primary N) is 1. The van der Waals surface area contributed by atoms with Crippen molar-refractivity contribution < 1.29 is 4.39 Å². The molecule has 0 aliphatic carbocycles. The third-order valence-electron chi connectivity index (χ3n) is 5.24. The number of aliphatic imine (C=N–C) groups is 1. The second-order valence-corrected chi connectivity index (χ2v) is 8.12. The van der Waals surface area contributed by atoms with E-state index in [0.29, 0.717) is 28.8 Å². The first-order valence-corrected chi connectivity index (χ1v) is 9.83. The molecular weight excluding hydrogens is 496 g/mol. The summed E-state index contributed by atoms with van der Waals surface area (Å²) in [7, 11) is 1.80. The van der Waals surface area contributed by atoms with Gasteiger partial charge in [0.1, 0.15) is 23.3 Å². The lowest BCUT2D eigenvalue weighted by atomic mass is 9.93. The number of rotatable bonds is 5. The quantitative estimate of drug-likeness (QED) is 0.270. The molecule has 2 heterocycles. The number of benzene rings is 1. The first-order chi connectivity index (χ1) is 13.8. The molecule has 0 radical (unpaired) electrons. The van der Waals surface area contributed by atoms with E-state index in [1.54, 1.807) is 19.2 Å². The number of halogens is 2. The Morgan fingerprint density at radius 3 is 2.63 bits per heavy atom. The van der Waals surface area contributed by atoms with Crippen molar-refractivity contribution in [3.63, 3.8) is 0 Å². The molecular formula is C21H29FIN7. The van der Waals surface area contributed by atoms with E-state index in [9.17, 15) is 9.65 Å². The summed E-state index contributed by atoms with van der Waals surface area (Å²) in [5.41, 5.74) is 8.07. The van der Waals surface area contributed by atoms with Gasteiger partial charge in [0.2, 0.25) is 0 Å². The minimum absolute atomic E-state index is 0. The molecule has 0 atom stereocenters. The average molecular weight is 525 g/mol. The van der Waals surface area contributed by atoms with Crippen LogP contribution in [0.3, 0.4) is 0 Å². The molecule has 0 saturated carbocycles. The first kappa shape index (κ1) is 23.9. The number of nitrogens with zero attached hydrogens (tertiary/aromatic N) is 5. The average Bonchev–Trinajstić information content (AvgIpc) is 3.21. The van der Waals surface area contributed by atoms with Gasteiger partial charge in [-0.2, -0.15) is 10.4 Å². The molecule has 1 aliphatic rings. The smallest absolute Gasteiger partial charge is 0.193 e. The van der Waals surface area contributed by atoms with Gasteiger partial charge < -0.3 is 16.0 Å². The minimum Gasteiger partial charge on any atom is -0.382 e. The predicted octanol–water partition coefficient (Wildman–Crippen LogP) is 3.32. The first-order valence-electron chi connectivity index (χ1n) is 9.83. The van der Waals surface area contributed by atoms with Gasteiger partial charge >= 0.3 is 0 Å². The molecule has 162 valence electrons. The zero-order valence-corrected chi connectivity index (χ0v) is 20.0. The normalized spacial score (nSPS) is 15.6. The summed E-state index contributed by atoms with van der Waals surface area (Å²) >= 11 is 0. The molecule has 1 fully saturated rings. The Morgan fingerprint density at radius 2 is 2.07 bits per heavy atom. The summed E-state index contributed by atoms with van der Waals surface area (Å²) < 4.78 is 14.7. The van der Waals surface area contributed by atoms with Crippen molar-refractivity contribution in [1.29, 1.82) is 5.26 Å². The van der Waals surface area contributed by atoms with E-state index in [4.69, 9.17) is 5.73 Å². The number of nitrogens with one attached hydrogen (secondary N) is 1. The van der Waals surface area contributed by atoms with Crippen molar-refractivity contribution >= 4 is 35.8 Å². The van der Waals surface area contributed by atoms with Crippen LogP contribution in [0.2, 0.25) is 0 Å². The van der Waals surface area contributed by atoms with Gasteiger partial charge in [0.05, 0.1) is 11.4 Å². The fourth-order valence-electron chi connectivity index (χ4n) is 3.64. The second kappa shape index (κ2) is 10.1. The van der Waals surface area contributed by atoms with Crippen LogP contribution in [-0.2, 0) is 6.42 Å². The van der Waals surface area contributed by atoms with Crippen LogP contribution >= 0.6 is 24.0 Å². The third-order valence-corrected chi connectivity index (χ3v) is 5.24. The van der Waals surface area contributed by atoms with E-state index in [0.717, 1.165) is 38.4 Å². The van der Waals surface area contributed by atoms with Crippen molar-refractivity contribution in [2.45, 2.75) is 33.1 Å². The summed E-state index contributed by atoms with van der Waals surface area (Å²) in [6, 6.07) is 8.01. The number of likely N-dealkylation sites (tertiary alicyclic amines) is 1.